The van der Waals surface area contributed by atoms with E-state index in [0.29, 0.717) is 46.4 Å². The zero-order valence-electron chi connectivity index (χ0n) is 19.0. The lowest BCUT2D eigenvalue weighted by atomic mass is 9.99. The second-order valence-electron chi connectivity index (χ2n) is 8.05. The summed E-state index contributed by atoms with van der Waals surface area (Å²) in [5, 5.41) is 11.7. The first-order chi connectivity index (χ1) is 15.2. The van der Waals surface area contributed by atoms with E-state index in [-0.39, 0.29) is 12.2 Å². The van der Waals surface area contributed by atoms with E-state index in [1.807, 2.05) is 45.8 Å². The third-order valence-corrected chi connectivity index (χ3v) is 5.25. The minimum atomic E-state index is -0.337. The third-order valence-electron chi connectivity index (χ3n) is 4.94. The fourth-order valence-corrected chi connectivity index (χ4v) is 3.40. The van der Waals surface area contributed by atoms with Gasteiger partial charge in [0.15, 0.2) is 0 Å². The first-order valence-corrected chi connectivity index (χ1v) is 10.7. The highest BCUT2D eigenvalue weighted by molar-refractivity contribution is 6.31. The SMILES string of the molecule is C/C(=N/OCCN(C)C)c1cc(F)c(Cc2ncc(Cl)c(Cc3cc(C)[nH]n3)n2)cc1C. The second kappa shape index (κ2) is 10.7. The Labute approximate surface area is 192 Å². The number of likely N-dealkylation sites (N-methyl/N-ethyl adjacent to an activating group) is 1. The van der Waals surface area contributed by atoms with Gasteiger partial charge in [0.05, 0.1) is 22.1 Å². The fraction of sp³-hybridized carbons (Fsp3) is 0.391. The lowest BCUT2D eigenvalue weighted by Crippen LogP contribution is -2.17. The topological polar surface area (TPSA) is 79.3 Å². The molecule has 0 saturated heterocycles. The Kier molecular flexibility index (Phi) is 7.93. The highest BCUT2D eigenvalue weighted by atomic mass is 35.5. The summed E-state index contributed by atoms with van der Waals surface area (Å²) in [4.78, 5) is 16.2. The highest BCUT2D eigenvalue weighted by Crippen LogP contribution is 2.21. The average molecular weight is 459 g/mol. The number of H-pyrrole nitrogens is 1. The molecule has 9 heteroatoms. The molecule has 1 aromatic carbocycles. The van der Waals surface area contributed by atoms with Crippen LogP contribution in [0.1, 0.15) is 46.5 Å². The van der Waals surface area contributed by atoms with Gasteiger partial charge in [0.2, 0.25) is 0 Å². The molecule has 32 heavy (non-hydrogen) atoms. The van der Waals surface area contributed by atoms with Crippen LogP contribution in [0, 0.1) is 19.7 Å². The lowest BCUT2D eigenvalue weighted by Gasteiger charge is -2.11. The standard InChI is InChI=1S/C23H28ClFN6O/c1-14-8-17(21(25)12-19(14)16(3)30-32-7-6-31(4)5)10-23-26-13-20(24)22(27-23)11-18-9-15(2)28-29-18/h8-9,12-13H,6-7,10-11H2,1-5H3,(H,28,29)/b30-16-. The normalized spacial score (nSPS) is 11.9. The van der Waals surface area contributed by atoms with Crippen molar-refractivity contribution in [3.05, 3.63) is 74.8 Å². The summed E-state index contributed by atoms with van der Waals surface area (Å²) in [6, 6.07) is 5.23. The molecule has 3 aromatic rings. The smallest absolute Gasteiger partial charge is 0.133 e. The van der Waals surface area contributed by atoms with E-state index in [1.54, 1.807) is 12.3 Å². The quantitative estimate of drug-likeness (QED) is 0.297. The molecule has 3 rings (SSSR count). The van der Waals surface area contributed by atoms with E-state index in [0.717, 1.165) is 23.5 Å². The minimum Gasteiger partial charge on any atom is -0.394 e. The first-order valence-electron chi connectivity index (χ1n) is 10.3. The lowest BCUT2D eigenvalue weighted by molar-refractivity contribution is 0.126. The molecule has 7 nitrogen and oxygen atoms in total. The van der Waals surface area contributed by atoms with E-state index < -0.39 is 0 Å². The Morgan fingerprint density at radius 3 is 2.69 bits per heavy atom. The molecule has 0 aliphatic carbocycles. The van der Waals surface area contributed by atoms with Gasteiger partial charge in [0.25, 0.3) is 0 Å². The van der Waals surface area contributed by atoms with Crippen molar-refractivity contribution in [2.24, 2.45) is 5.16 Å². The van der Waals surface area contributed by atoms with Crippen LogP contribution in [0.4, 0.5) is 4.39 Å². The number of nitrogens with one attached hydrogen (secondary N) is 1. The number of benzene rings is 1. The summed E-state index contributed by atoms with van der Waals surface area (Å²) in [6.07, 6.45) is 2.29. The minimum absolute atomic E-state index is 0.256. The van der Waals surface area contributed by atoms with Gasteiger partial charge in [-0.1, -0.05) is 22.8 Å². The summed E-state index contributed by atoms with van der Waals surface area (Å²) in [6.45, 7) is 6.89. The first kappa shape index (κ1) is 23.8. The molecule has 0 spiro atoms. The van der Waals surface area contributed by atoms with Gasteiger partial charge in [-0.05, 0) is 58.1 Å². The number of nitrogens with zero attached hydrogens (tertiary/aromatic N) is 5. The van der Waals surface area contributed by atoms with Gasteiger partial charge in [-0.15, -0.1) is 0 Å². The molecular formula is C23H28ClFN6O. The summed E-state index contributed by atoms with van der Waals surface area (Å²) in [7, 11) is 3.92. The van der Waals surface area contributed by atoms with Crippen molar-refractivity contribution in [3.8, 4) is 0 Å². The molecule has 0 bridgehead atoms. The molecule has 2 aromatic heterocycles. The number of aromatic nitrogens is 4. The maximum Gasteiger partial charge on any atom is 0.133 e. The van der Waals surface area contributed by atoms with E-state index >= 15 is 0 Å². The van der Waals surface area contributed by atoms with Crippen LogP contribution in [0.3, 0.4) is 0 Å². The number of rotatable bonds is 9. The van der Waals surface area contributed by atoms with Crippen LogP contribution >= 0.6 is 11.6 Å². The zero-order valence-corrected chi connectivity index (χ0v) is 19.8. The van der Waals surface area contributed by atoms with E-state index in [9.17, 15) is 4.39 Å². The molecule has 0 radical (unpaired) electrons. The number of hydrogen-bond donors (Lipinski definition) is 1. The monoisotopic (exact) mass is 458 g/mol. The highest BCUT2D eigenvalue weighted by Gasteiger charge is 2.14. The molecule has 170 valence electrons. The summed E-state index contributed by atoms with van der Waals surface area (Å²) in [5.74, 6) is 0.164. The third kappa shape index (κ3) is 6.34. The van der Waals surface area contributed by atoms with Gasteiger partial charge in [-0.25, -0.2) is 14.4 Å². The van der Waals surface area contributed by atoms with Crippen molar-refractivity contribution in [1.29, 1.82) is 0 Å². The Morgan fingerprint density at radius 2 is 2.00 bits per heavy atom. The summed E-state index contributed by atoms with van der Waals surface area (Å²) in [5.41, 5.74) is 5.22. The number of oxime groups is 1. The Morgan fingerprint density at radius 1 is 1.22 bits per heavy atom. The molecule has 0 aliphatic rings. The van der Waals surface area contributed by atoms with Crippen molar-refractivity contribution in [3.63, 3.8) is 0 Å². The number of aryl methyl sites for hydroxylation is 2. The van der Waals surface area contributed by atoms with Gasteiger partial charge in [0, 0.05) is 36.8 Å². The van der Waals surface area contributed by atoms with Gasteiger partial charge in [0.1, 0.15) is 18.2 Å². The van der Waals surface area contributed by atoms with Crippen molar-refractivity contribution in [2.45, 2.75) is 33.6 Å². The van der Waals surface area contributed by atoms with Crippen LogP contribution in [0.2, 0.25) is 5.02 Å². The maximum absolute atomic E-state index is 14.9. The maximum atomic E-state index is 14.9. The molecule has 0 amide bonds. The molecule has 0 saturated carbocycles. The zero-order chi connectivity index (χ0) is 23.3. The second-order valence-corrected chi connectivity index (χ2v) is 8.46. The number of halogens is 2. The summed E-state index contributed by atoms with van der Waals surface area (Å²) < 4.78 is 14.9. The van der Waals surface area contributed by atoms with Gasteiger partial charge in [-0.2, -0.15) is 5.10 Å². The van der Waals surface area contributed by atoms with Crippen molar-refractivity contribution >= 4 is 17.3 Å². The fourth-order valence-electron chi connectivity index (χ4n) is 3.24. The molecule has 0 fully saturated rings. The summed E-state index contributed by atoms with van der Waals surface area (Å²) >= 11 is 6.27. The van der Waals surface area contributed by atoms with Crippen LogP contribution in [-0.4, -0.2) is 58.0 Å². The Bertz CT molecular complexity index is 1110. The molecule has 0 atom stereocenters. The molecular weight excluding hydrogens is 431 g/mol. The molecule has 0 aliphatic heterocycles. The van der Waals surface area contributed by atoms with Crippen LogP contribution in [0.15, 0.2) is 29.6 Å². The average Bonchev–Trinajstić information content (AvgIpc) is 3.14. The van der Waals surface area contributed by atoms with E-state index in [4.69, 9.17) is 16.4 Å². The van der Waals surface area contributed by atoms with E-state index in [1.165, 1.54) is 6.07 Å². The van der Waals surface area contributed by atoms with Crippen molar-refractivity contribution in [1.82, 2.24) is 25.1 Å². The van der Waals surface area contributed by atoms with Crippen LogP contribution < -0.4 is 0 Å². The van der Waals surface area contributed by atoms with E-state index in [2.05, 4.69) is 25.3 Å². The molecule has 1 N–H and O–H groups in total. The van der Waals surface area contributed by atoms with Crippen molar-refractivity contribution < 1.29 is 9.23 Å². The Balaban J connectivity index is 1.76. The van der Waals surface area contributed by atoms with Gasteiger partial charge in [-0.3, -0.25) is 5.10 Å². The number of hydrogen-bond acceptors (Lipinski definition) is 6. The van der Waals surface area contributed by atoms with Crippen LogP contribution in [-0.2, 0) is 17.7 Å². The predicted molar refractivity (Wildman–Crippen MR) is 124 cm³/mol. The molecule has 0 unspecified atom stereocenters. The predicted octanol–water partition coefficient (Wildman–Crippen LogP) is 4.09. The largest absolute Gasteiger partial charge is 0.394 e. The van der Waals surface area contributed by atoms with Gasteiger partial charge >= 0.3 is 0 Å². The van der Waals surface area contributed by atoms with Crippen LogP contribution in [0.25, 0.3) is 0 Å². The number of aromatic amines is 1. The van der Waals surface area contributed by atoms with Crippen LogP contribution in [0.5, 0.6) is 0 Å². The van der Waals surface area contributed by atoms with Crippen molar-refractivity contribution in [2.75, 3.05) is 27.2 Å². The molecule has 2 heterocycles. The van der Waals surface area contributed by atoms with Gasteiger partial charge < -0.3 is 9.74 Å². The Hall–Kier alpha value is -2.84.